The quantitative estimate of drug-likeness (QED) is 0.518. The third-order valence-corrected chi connectivity index (χ3v) is 3.09. The summed E-state index contributed by atoms with van der Waals surface area (Å²) in [6.45, 7) is 4.81. The van der Waals surface area contributed by atoms with Crippen LogP contribution in [0.25, 0.3) is 0 Å². The molecule has 98 valence electrons. The fourth-order valence-corrected chi connectivity index (χ4v) is 1.97. The van der Waals surface area contributed by atoms with Gasteiger partial charge in [0.05, 0.1) is 0 Å². The number of aliphatic hydroxyl groups is 1. The highest BCUT2D eigenvalue weighted by Gasteiger charge is 1.97. The van der Waals surface area contributed by atoms with E-state index in [4.69, 9.17) is 5.11 Å². The third-order valence-electron chi connectivity index (χ3n) is 3.09. The number of rotatable bonds is 12. The molecule has 0 rings (SSSR count). The number of nitrogens with zero attached hydrogens (tertiary/aromatic N) is 1. The molecule has 0 aromatic heterocycles. The summed E-state index contributed by atoms with van der Waals surface area (Å²) >= 11 is 0. The van der Waals surface area contributed by atoms with Gasteiger partial charge in [0.25, 0.3) is 0 Å². The van der Waals surface area contributed by atoms with E-state index in [0.717, 1.165) is 13.0 Å². The Hall–Kier alpha value is -0.0800. The molecule has 0 heterocycles. The smallest absolute Gasteiger partial charge is 0.0443 e. The van der Waals surface area contributed by atoms with Crippen LogP contribution < -0.4 is 0 Å². The summed E-state index contributed by atoms with van der Waals surface area (Å²) in [5.74, 6) is 0. The van der Waals surface area contributed by atoms with Gasteiger partial charge in [-0.2, -0.15) is 0 Å². The van der Waals surface area contributed by atoms with Crippen molar-refractivity contribution in [3.8, 4) is 0 Å². The molecule has 0 amide bonds. The lowest BCUT2D eigenvalue weighted by Gasteiger charge is -2.15. The van der Waals surface area contributed by atoms with Crippen LogP contribution in [-0.4, -0.2) is 36.8 Å². The highest BCUT2D eigenvalue weighted by atomic mass is 16.3. The molecule has 0 aliphatic carbocycles. The van der Waals surface area contributed by atoms with Gasteiger partial charge in [-0.25, -0.2) is 0 Å². The van der Waals surface area contributed by atoms with Crippen molar-refractivity contribution in [2.24, 2.45) is 0 Å². The number of hydrogen-bond acceptors (Lipinski definition) is 2. The molecule has 1 N–H and O–H groups in total. The third kappa shape index (κ3) is 12.0. The van der Waals surface area contributed by atoms with E-state index in [1.807, 2.05) is 0 Å². The first-order valence-electron chi connectivity index (χ1n) is 7.10. The van der Waals surface area contributed by atoms with E-state index in [0.29, 0.717) is 6.61 Å². The summed E-state index contributed by atoms with van der Waals surface area (Å²) in [6, 6.07) is 0. The maximum Gasteiger partial charge on any atom is 0.0443 e. The topological polar surface area (TPSA) is 23.5 Å². The molecular formula is C14H31NO. The molecule has 0 aromatic carbocycles. The normalized spacial score (nSPS) is 11.2. The second kappa shape index (κ2) is 13.0. The van der Waals surface area contributed by atoms with Gasteiger partial charge < -0.3 is 10.0 Å². The molecular weight excluding hydrogens is 198 g/mol. The average Bonchev–Trinajstić information content (AvgIpc) is 2.30. The Morgan fingerprint density at radius 3 is 1.81 bits per heavy atom. The van der Waals surface area contributed by atoms with Gasteiger partial charge >= 0.3 is 0 Å². The highest BCUT2D eigenvalue weighted by molar-refractivity contribution is 4.52. The van der Waals surface area contributed by atoms with Crippen molar-refractivity contribution in [1.82, 2.24) is 4.90 Å². The standard InChI is InChI=1S/C14H31NO/c1-3-4-5-6-7-8-9-10-12-15(2)13-11-14-16/h16H,3-14H2,1-2H3. The molecule has 0 saturated heterocycles. The number of aliphatic hydroxyl groups excluding tert-OH is 1. The molecule has 0 spiro atoms. The largest absolute Gasteiger partial charge is 0.396 e. The summed E-state index contributed by atoms with van der Waals surface area (Å²) in [7, 11) is 2.15. The van der Waals surface area contributed by atoms with E-state index in [1.54, 1.807) is 0 Å². The lowest BCUT2D eigenvalue weighted by molar-refractivity contribution is 0.245. The molecule has 0 aliphatic rings. The Morgan fingerprint density at radius 1 is 0.750 bits per heavy atom. The Balaban J connectivity index is 3.02. The predicted molar refractivity (Wildman–Crippen MR) is 71.8 cm³/mol. The molecule has 0 radical (unpaired) electrons. The van der Waals surface area contributed by atoms with Crippen LogP contribution in [-0.2, 0) is 0 Å². The van der Waals surface area contributed by atoms with Crippen LogP contribution in [0.1, 0.15) is 64.7 Å². The van der Waals surface area contributed by atoms with E-state index >= 15 is 0 Å². The van der Waals surface area contributed by atoms with Crippen LogP contribution in [0.5, 0.6) is 0 Å². The van der Waals surface area contributed by atoms with Gasteiger partial charge in [0.15, 0.2) is 0 Å². The molecule has 0 unspecified atom stereocenters. The second-order valence-electron chi connectivity index (χ2n) is 4.86. The SMILES string of the molecule is CCCCCCCCCCN(C)CCCO. The number of hydrogen-bond donors (Lipinski definition) is 1. The monoisotopic (exact) mass is 229 g/mol. The van der Waals surface area contributed by atoms with Crippen molar-refractivity contribution in [3.63, 3.8) is 0 Å². The van der Waals surface area contributed by atoms with Crippen LogP contribution in [0.15, 0.2) is 0 Å². The Morgan fingerprint density at radius 2 is 1.25 bits per heavy atom. The zero-order chi connectivity index (χ0) is 12.1. The fraction of sp³-hybridized carbons (Fsp3) is 1.00. The maximum atomic E-state index is 8.70. The van der Waals surface area contributed by atoms with Crippen molar-refractivity contribution >= 4 is 0 Å². The Kier molecular flexibility index (Phi) is 12.9. The van der Waals surface area contributed by atoms with Gasteiger partial charge in [0.1, 0.15) is 0 Å². The zero-order valence-electron chi connectivity index (χ0n) is 11.4. The molecule has 2 heteroatoms. The van der Waals surface area contributed by atoms with Crippen molar-refractivity contribution in [3.05, 3.63) is 0 Å². The second-order valence-corrected chi connectivity index (χ2v) is 4.86. The maximum absolute atomic E-state index is 8.70. The first kappa shape index (κ1) is 15.9. The van der Waals surface area contributed by atoms with Crippen LogP contribution >= 0.6 is 0 Å². The minimum absolute atomic E-state index is 0.321. The van der Waals surface area contributed by atoms with Crippen molar-refractivity contribution < 1.29 is 5.11 Å². The molecule has 2 nitrogen and oxygen atoms in total. The summed E-state index contributed by atoms with van der Waals surface area (Å²) < 4.78 is 0. The van der Waals surface area contributed by atoms with Crippen molar-refractivity contribution in [2.45, 2.75) is 64.7 Å². The lowest BCUT2D eigenvalue weighted by atomic mass is 10.1. The zero-order valence-corrected chi connectivity index (χ0v) is 11.4. The lowest BCUT2D eigenvalue weighted by Crippen LogP contribution is -2.21. The van der Waals surface area contributed by atoms with E-state index in [1.165, 1.54) is 57.9 Å². The van der Waals surface area contributed by atoms with Gasteiger partial charge in [0, 0.05) is 13.2 Å². The highest BCUT2D eigenvalue weighted by Crippen LogP contribution is 2.08. The Bertz CT molecular complexity index is 128. The summed E-state index contributed by atoms with van der Waals surface area (Å²) in [5, 5.41) is 8.70. The summed E-state index contributed by atoms with van der Waals surface area (Å²) in [4.78, 5) is 2.33. The van der Waals surface area contributed by atoms with Crippen LogP contribution in [0.4, 0.5) is 0 Å². The fourth-order valence-electron chi connectivity index (χ4n) is 1.97. The van der Waals surface area contributed by atoms with Crippen molar-refractivity contribution in [1.29, 1.82) is 0 Å². The van der Waals surface area contributed by atoms with Gasteiger partial charge in [-0.3, -0.25) is 0 Å². The summed E-state index contributed by atoms with van der Waals surface area (Å²) in [5.41, 5.74) is 0. The molecule has 0 aromatic rings. The van der Waals surface area contributed by atoms with Gasteiger partial charge in [0.2, 0.25) is 0 Å². The average molecular weight is 229 g/mol. The number of unbranched alkanes of at least 4 members (excludes halogenated alkanes) is 7. The van der Waals surface area contributed by atoms with Gasteiger partial charge in [-0.1, -0.05) is 51.9 Å². The predicted octanol–water partition coefficient (Wildman–Crippen LogP) is 3.44. The first-order valence-corrected chi connectivity index (χ1v) is 7.10. The van der Waals surface area contributed by atoms with E-state index in [-0.39, 0.29) is 0 Å². The van der Waals surface area contributed by atoms with Crippen LogP contribution in [0, 0.1) is 0 Å². The van der Waals surface area contributed by atoms with E-state index in [2.05, 4.69) is 18.9 Å². The van der Waals surface area contributed by atoms with E-state index < -0.39 is 0 Å². The molecule has 0 fully saturated rings. The van der Waals surface area contributed by atoms with Gasteiger partial charge in [-0.05, 0) is 26.4 Å². The van der Waals surface area contributed by atoms with Crippen molar-refractivity contribution in [2.75, 3.05) is 26.7 Å². The molecule has 0 saturated carbocycles. The van der Waals surface area contributed by atoms with Gasteiger partial charge in [-0.15, -0.1) is 0 Å². The molecule has 16 heavy (non-hydrogen) atoms. The summed E-state index contributed by atoms with van der Waals surface area (Å²) in [6.07, 6.45) is 12.0. The minimum Gasteiger partial charge on any atom is -0.396 e. The van der Waals surface area contributed by atoms with E-state index in [9.17, 15) is 0 Å². The van der Waals surface area contributed by atoms with Crippen LogP contribution in [0.3, 0.4) is 0 Å². The minimum atomic E-state index is 0.321. The first-order chi connectivity index (χ1) is 7.81. The molecule has 0 bridgehead atoms. The van der Waals surface area contributed by atoms with Crippen LogP contribution in [0.2, 0.25) is 0 Å². The molecule has 0 aliphatic heterocycles. The Labute approximate surface area is 102 Å². The molecule has 0 atom stereocenters.